The molecule has 2 aromatic rings. The average Bonchev–Trinajstić information content (AvgIpc) is 2.86. The number of benzene rings is 1. The summed E-state index contributed by atoms with van der Waals surface area (Å²) < 4.78 is 20.2. The van der Waals surface area contributed by atoms with Crippen LogP contribution in [0.5, 0.6) is 5.75 Å². The summed E-state index contributed by atoms with van der Waals surface area (Å²) in [5.41, 5.74) is 2.28. The van der Waals surface area contributed by atoms with Crippen LogP contribution in [-0.2, 0) is 4.79 Å². The first-order valence-electron chi connectivity index (χ1n) is 5.58. The van der Waals surface area contributed by atoms with Gasteiger partial charge < -0.3 is 4.74 Å². The van der Waals surface area contributed by atoms with Crippen molar-refractivity contribution in [2.24, 2.45) is 5.84 Å². The van der Waals surface area contributed by atoms with E-state index in [0.29, 0.717) is 11.4 Å². The molecule has 2 rings (SSSR count). The van der Waals surface area contributed by atoms with E-state index in [9.17, 15) is 9.18 Å². The van der Waals surface area contributed by atoms with Gasteiger partial charge in [0.15, 0.2) is 11.9 Å². The minimum absolute atomic E-state index is 0.299. The normalized spacial score (nSPS) is 11.9. The molecule has 1 unspecified atom stereocenters. The summed E-state index contributed by atoms with van der Waals surface area (Å²) in [5.74, 6) is 4.48. The second kappa shape index (κ2) is 5.49. The minimum atomic E-state index is -0.761. The van der Waals surface area contributed by atoms with Crippen LogP contribution in [0.3, 0.4) is 0 Å². The molecule has 0 saturated heterocycles. The lowest BCUT2D eigenvalue weighted by atomic mass is 10.3. The van der Waals surface area contributed by atoms with E-state index in [4.69, 9.17) is 10.6 Å². The van der Waals surface area contributed by atoms with E-state index < -0.39 is 17.8 Å². The summed E-state index contributed by atoms with van der Waals surface area (Å²) in [6, 6.07) is 6.21. The lowest BCUT2D eigenvalue weighted by Crippen LogP contribution is -2.40. The molecule has 19 heavy (non-hydrogen) atoms. The number of nitrogens with zero attached hydrogens (tertiary/aromatic N) is 2. The van der Waals surface area contributed by atoms with Crippen LogP contribution in [0.4, 0.5) is 4.39 Å². The first kappa shape index (κ1) is 13.0. The number of aromatic nitrogens is 2. The Bertz CT molecular complexity index is 585. The Labute approximate surface area is 108 Å². The zero-order valence-electron chi connectivity index (χ0n) is 10.2. The Hall–Kier alpha value is -2.41. The molecule has 0 saturated carbocycles. The van der Waals surface area contributed by atoms with Gasteiger partial charge in [-0.05, 0) is 19.1 Å². The molecule has 0 fully saturated rings. The SMILES string of the molecule is CC(Oc1cnn(-c2ccccc2F)c1)C(=O)NN. The van der Waals surface area contributed by atoms with E-state index in [-0.39, 0.29) is 0 Å². The molecule has 1 amide bonds. The molecule has 1 atom stereocenters. The fraction of sp³-hybridized carbons (Fsp3) is 0.167. The van der Waals surface area contributed by atoms with Gasteiger partial charge in [0, 0.05) is 0 Å². The van der Waals surface area contributed by atoms with E-state index in [1.54, 1.807) is 25.1 Å². The zero-order valence-corrected chi connectivity index (χ0v) is 10.2. The number of rotatable bonds is 4. The van der Waals surface area contributed by atoms with E-state index >= 15 is 0 Å². The third-order valence-corrected chi connectivity index (χ3v) is 2.48. The molecule has 100 valence electrons. The van der Waals surface area contributed by atoms with Gasteiger partial charge in [0.05, 0.1) is 12.4 Å². The second-order valence-corrected chi connectivity index (χ2v) is 3.84. The van der Waals surface area contributed by atoms with Gasteiger partial charge in [0.2, 0.25) is 0 Å². The van der Waals surface area contributed by atoms with Crippen molar-refractivity contribution in [3.63, 3.8) is 0 Å². The maximum absolute atomic E-state index is 13.5. The van der Waals surface area contributed by atoms with E-state index in [0.717, 1.165) is 0 Å². The zero-order chi connectivity index (χ0) is 13.8. The predicted molar refractivity (Wildman–Crippen MR) is 65.9 cm³/mol. The number of hydrogen-bond acceptors (Lipinski definition) is 4. The molecule has 3 N–H and O–H groups in total. The van der Waals surface area contributed by atoms with Gasteiger partial charge in [-0.1, -0.05) is 12.1 Å². The Morgan fingerprint density at radius 3 is 2.95 bits per heavy atom. The lowest BCUT2D eigenvalue weighted by Gasteiger charge is -2.10. The molecule has 1 aromatic carbocycles. The van der Waals surface area contributed by atoms with Gasteiger partial charge in [-0.15, -0.1) is 0 Å². The summed E-state index contributed by atoms with van der Waals surface area (Å²) >= 11 is 0. The van der Waals surface area contributed by atoms with Crippen molar-refractivity contribution in [3.05, 3.63) is 42.5 Å². The van der Waals surface area contributed by atoms with Crippen molar-refractivity contribution >= 4 is 5.91 Å². The van der Waals surface area contributed by atoms with E-state index in [1.807, 2.05) is 5.43 Å². The van der Waals surface area contributed by atoms with Crippen molar-refractivity contribution in [1.82, 2.24) is 15.2 Å². The Balaban J connectivity index is 2.16. The van der Waals surface area contributed by atoms with Crippen molar-refractivity contribution in [2.45, 2.75) is 13.0 Å². The quantitative estimate of drug-likeness (QED) is 0.485. The maximum Gasteiger partial charge on any atom is 0.274 e. The predicted octanol–water partition coefficient (Wildman–Crippen LogP) is 0.769. The summed E-state index contributed by atoms with van der Waals surface area (Å²) in [4.78, 5) is 11.2. The van der Waals surface area contributed by atoms with Gasteiger partial charge in [-0.25, -0.2) is 14.9 Å². The van der Waals surface area contributed by atoms with Gasteiger partial charge in [0.1, 0.15) is 11.5 Å². The second-order valence-electron chi connectivity index (χ2n) is 3.84. The summed E-state index contributed by atoms with van der Waals surface area (Å²) in [5, 5.41) is 3.97. The van der Waals surface area contributed by atoms with Crippen molar-refractivity contribution in [1.29, 1.82) is 0 Å². The largest absolute Gasteiger partial charge is 0.478 e. The highest BCUT2D eigenvalue weighted by Gasteiger charge is 2.14. The fourth-order valence-electron chi connectivity index (χ4n) is 1.51. The number of hydrazine groups is 1. The van der Waals surface area contributed by atoms with E-state index in [1.165, 1.54) is 23.1 Å². The van der Waals surface area contributed by atoms with Crippen LogP contribution >= 0.6 is 0 Å². The first-order chi connectivity index (χ1) is 9.11. The minimum Gasteiger partial charge on any atom is -0.478 e. The van der Waals surface area contributed by atoms with Crippen molar-refractivity contribution in [2.75, 3.05) is 0 Å². The molecule has 7 heteroatoms. The number of ether oxygens (including phenoxy) is 1. The number of carbonyl (C=O) groups excluding carboxylic acids is 1. The molecule has 1 aromatic heterocycles. The van der Waals surface area contributed by atoms with Gasteiger partial charge in [-0.2, -0.15) is 5.10 Å². The van der Waals surface area contributed by atoms with Crippen LogP contribution in [0.15, 0.2) is 36.7 Å². The molecule has 0 spiro atoms. The van der Waals surface area contributed by atoms with Crippen molar-refractivity contribution < 1.29 is 13.9 Å². The van der Waals surface area contributed by atoms with Crippen molar-refractivity contribution in [3.8, 4) is 11.4 Å². The molecule has 0 bridgehead atoms. The summed E-state index contributed by atoms with van der Waals surface area (Å²) in [6.07, 6.45) is 2.12. The lowest BCUT2D eigenvalue weighted by molar-refractivity contribution is -0.127. The monoisotopic (exact) mass is 264 g/mol. The summed E-state index contributed by atoms with van der Waals surface area (Å²) in [7, 11) is 0. The van der Waals surface area contributed by atoms with Crippen LogP contribution in [0.1, 0.15) is 6.92 Å². The highest BCUT2D eigenvalue weighted by atomic mass is 19.1. The number of hydrogen-bond donors (Lipinski definition) is 2. The third-order valence-electron chi connectivity index (χ3n) is 2.48. The number of para-hydroxylation sites is 1. The van der Waals surface area contributed by atoms with Crippen LogP contribution in [-0.4, -0.2) is 21.8 Å². The highest BCUT2D eigenvalue weighted by Crippen LogP contribution is 2.17. The molecule has 0 radical (unpaired) electrons. The Kier molecular flexibility index (Phi) is 3.76. The van der Waals surface area contributed by atoms with Gasteiger partial charge in [0.25, 0.3) is 5.91 Å². The molecule has 1 heterocycles. The van der Waals surface area contributed by atoms with Gasteiger partial charge in [-0.3, -0.25) is 10.2 Å². The maximum atomic E-state index is 13.5. The molecule has 0 aliphatic carbocycles. The van der Waals surface area contributed by atoms with Gasteiger partial charge >= 0.3 is 0 Å². The number of carbonyl (C=O) groups is 1. The number of halogens is 1. The topological polar surface area (TPSA) is 82.2 Å². The number of nitrogens with one attached hydrogen (secondary N) is 1. The van der Waals surface area contributed by atoms with E-state index in [2.05, 4.69) is 5.10 Å². The number of amides is 1. The Morgan fingerprint density at radius 2 is 2.26 bits per heavy atom. The molecule has 0 aliphatic rings. The number of nitrogens with two attached hydrogens (primary N) is 1. The molecule has 0 aliphatic heterocycles. The Morgan fingerprint density at radius 1 is 1.53 bits per heavy atom. The third kappa shape index (κ3) is 2.89. The molecular formula is C12H13FN4O2. The molecule has 6 nitrogen and oxygen atoms in total. The van der Waals surface area contributed by atoms with Crippen LogP contribution in [0.2, 0.25) is 0 Å². The van der Waals surface area contributed by atoms with Crippen LogP contribution in [0.25, 0.3) is 5.69 Å². The standard InChI is InChI=1S/C12H13FN4O2/c1-8(12(18)16-14)19-9-6-15-17(7-9)11-5-3-2-4-10(11)13/h2-8H,14H2,1H3,(H,16,18). The first-order valence-corrected chi connectivity index (χ1v) is 5.58. The fourth-order valence-corrected chi connectivity index (χ4v) is 1.51. The van der Waals surface area contributed by atoms with Crippen LogP contribution < -0.4 is 16.0 Å². The smallest absolute Gasteiger partial charge is 0.274 e. The molecular weight excluding hydrogens is 251 g/mol. The average molecular weight is 264 g/mol. The highest BCUT2D eigenvalue weighted by molar-refractivity contribution is 5.79. The van der Waals surface area contributed by atoms with Crippen LogP contribution in [0, 0.1) is 5.82 Å². The summed E-state index contributed by atoms with van der Waals surface area (Å²) in [6.45, 7) is 1.54.